The lowest BCUT2D eigenvalue weighted by Gasteiger charge is -2.37. The largest absolute Gasteiger partial charge is 0.497 e. The highest BCUT2D eigenvalue weighted by Gasteiger charge is 2.30. The zero-order valence-corrected chi connectivity index (χ0v) is 15.6. The topological polar surface area (TPSA) is 58.8 Å². The number of hydrogen-bond acceptors (Lipinski definition) is 5. The van der Waals surface area contributed by atoms with Gasteiger partial charge in [-0.3, -0.25) is 9.69 Å². The minimum Gasteiger partial charge on any atom is -0.497 e. The SMILES string of the molecule is COc1ccc2onc(CC(=O)N3CCN(C4CCC4)CC(C)C3)c2c1. The number of nitrogens with zero attached hydrogens (tertiary/aromatic N) is 3. The molecule has 1 amide bonds. The van der Waals surface area contributed by atoms with Crippen LogP contribution in [0.3, 0.4) is 0 Å². The Bertz CT molecular complexity index is 784. The second-order valence-electron chi connectivity index (χ2n) is 7.69. The fourth-order valence-corrected chi connectivity index (χ4v) is 4.05. The van der Waals surface area contributed by atoms with Crippen LogP contribution in [0, 0.1) is 5.92 Å². The van der Waals surface area contributed by atoms with Crippen molar-refractivity contribution in [1.29, 1.82) is 0 Å². The van der Waals surface area contributed by atoms with Gasteiger partial charge in [0.25, 0.3) is 0 Å². The molecule has 1 saturated heterocycles. The number of amides is 1. The molecule has 0 N–H and O–H groups in total. The Morgan fingerprint density at radius 1 is 1.31 bits per heavy atom. The van der Waals surface area contributed by atoms with Crippen molar-refractivity contribution in [2.45, 2.75) is 38.6 Å². The van der Waals surface area contributed by atoms with Gasteiger partial charge in [-0.2, -0.15) is 0 Å². The Kier molecular flexibility index (Phi) is 4.85. The van der Waals surface area contributed by atoms with E-state index >= 15 is 0 Å². The summed E-state index contributed by atoms with van der Waals surface area (Å²) in [6.45, 7) is 5.94. The molecule has 1 saturated carbocycles. The third kappa shape index (κ3) is 3.43. The highest BCUT2D eigenvalue weighted by Crippen LogP contribution is 2.27. The highest BCUT2D eigenvalue weighted by atomic mass is 16.5. The third-order valence-corrected chi connectivity index (χ3v) is 5.75. The zero-order chi connectivity index (χ0) is 18.1. The summed E-state index contributed by atoms with van der Waals surface area (Å²) >= 11 is 0. The summed E-state index contributed by atoms with van der Waals surface area (Å²) in [6, 6.07) is 6.29. The van der Waals surface area contributed by atoms with Crippen LogP contribution < -0.4 is 4.74 Å². The Morgan fingerprint density at radius 3 is 2.88 bits per heavy atom. The molecule has 1 aliphatic carbocycles. The summed E-state index contributed by atoms with van der Waals surface area (Å²) in [5.74, 6) is 1.37. The molecule has 0 radical (unpaired) electrons. The van der Waals surface area contributed by atoms with Gasteiger partial charge in [-0.25, -0.2) is 0 Å². The first-order valence-electron chi connectivity index (χ1n) is 9.58. The van der Waals surface area contributed by atoms with E-state index in [0.29, 0.717) is 17.2 Å². The van der Waals surface area contributed by atoms with Crippen molar-refractivity contribution in [1.82, 2.24) is 15.0 Å². The smallest absolute Gasteiger partial charge is 0.228 e. The van der Waals surface area contributed by atoms with Crippen molar-refractivity contribution >= 4 is 16.9 Å². The van der Waals surface area contributed by atoms with E-state index in [1.54, 1.807) is 7.11 Å². The molecule has 2 aliphatic rings. The van der Waals surface area contributed by atoms with Crippen LogP contribution in [0.5, 0.6) is 5.75 Å². The van der Waals surface area contributed by atoms with Crippen LogP contribution in [0.15, 0.2) is 22.7 Å². The van der Waals surface area contributed by atoms with Gasteiger partial charge in [0, 0.05) is 37.6 Å². The second kappa shape index (κ2) is 7.27. The predicted molar refractivity (Wildman–Crippen MR) is 99.2 cm³/mol. The first-order valence-corrected chi connectivity index (χ1v) is 9.58. The predicted octanol–water partition coefficient (Wildman–Crippen LogP) is 2.71. The van der Waals surface area contributed by atoms with Gasteiger partial charge in [0.2, 0.25) is 5.91 Å². The fraction of sp³-hybridized carbons (Fsp3) is 0.600. The number of methoxy groups -OCH3 is 1. The zero-order valence-electron chi connectivity index (χ0n) is 15.6. The molecular weight excluding hydrogens is 330 g/mol. The van der Waals surface area contributed by atoms with E-state index < -0.39 is 0 Å². The molecule has 1 aliphatic heterocycles. The van der Waals surface area contributed by atoms with E-state index in [4.69, 9.17) is 9.26 Å². The molecule has 140 valence electrons. The molecule has 1 unspecified atom stereocenters. The Morgan fingerprint density at radius 2 is 2.15 bits per heavy atom. The van der Waals surface area contributed by atoms with Gasteiger partial charge in [-0.05, 0) is 37.0 Å². The highest BCUT2D eigenvalue weighted by molar-refractivity contribution is 5.87. The second-order valence-corrected chi connectivity index (χ2v) is 7.69. The van der Waals surface area contributed by atoms with Crippen molar-refractivity contribution in [3.8, 4) is 5.75 Å². The number of carbonyl (C=O) groups excluding carboxylic acids is 1. The number of carbonyl (C=O) groups is 1. The van der Waals surface area contributed by atoms with Gasteiger partial charge in [0.15, 0.2) is 5.58 Å². The van der Waals surface area contributed by atoms with E-state index in [0.717, 1.165) is 43.4 Å². The number of fused-ring (bicyclic) bond motifs is 1. The average molecular weight is 357 g/mol. The third-order valence-electron chi connectivity index (χ3n) is 5.75. The van der Waals surface area contributed by atoms with Crippen LogP contribution in [0.2, 0.25) is 0 Å². The van der Waals surface area contributed by atoms with Gasteiger partial charge in [-0.15, -0.1) is 0 Å². The van der Waals surface area contributed by atoms with Gasteiger partial charge < -0.3 is 14.2 Å². The summed E-state index contributed by atoms with van der Waals surface area (Å²) < 4.78 is 10.6. The lowest BCUT2D eigenvalue weighted by molar-refractivity contribution is -0.130. The molecule has 1 atom stereocenters. The maximum absolute atomic E-state index is 12.9. The summed E-state index contributed by atoms with van der Waals surface area (Å²) in [4.78, 5) is 17.5. The Hall–Kier alpha value is -2.08. The average Bonchev–Trinajstić information content (AvgIpc) is 2.87. The number of ether oxygens (including phenoxy) is 1. The maximum Gasteiger partial charge on any atom is 0.228 e. The van der Waals surface area contributed by atoms with E-state index in [2.05, 4.69) is 17.0 Å². The quantitative estimate of drug-likeness (QED) is 0.842. The summed E-state index contributed by atoms with van der Waals surface area (Å²) in [7, 11) is 1.63. The van der Waals surface area contributed by atoms with E-state index in [1.807, 2.05) is 23.1 Å². The first kappa shape index (κ1) is 17.3. The summed E-state index contributed by atoms with van der Waals surface area (Å²) in [5, 5.41) is 4.98. The van der Waals surface area contributed by atoms with Gasteiger partial charge in [-0.1, -0.05) is 18.5 Å². The lowest BCUT2D eigenvalue weighted by atomic mass is 9.91. The van der Waals surface area contributed by atoms with Crippen molar-refractivity contribution in [2.75, 3.05) is 33.3 Å². The molecule has 26 heavy (non-hydrogen) atoms. The molecule has 4 rings (SSSR count). The number of hydrogen-bond donors (Lipinski definition) is 0. The van der Waals surface area contributed by atoms with Crippen LogP contribution in [-0.2, 0) is 11.2 Å². The monoisotopic (exact) mass is 357 g/mol. The van der Waals surface area contributed by atoms with E-state index in [-0.39, 0.29) is 12.3 Å². The molecule has 1 aromatic heterocycles. The molecule has 2 heterocycles. The van der Waals surface area contributed by atoms with Crippen LogP contribution in [-0.4, -0.2) is 60.2 Å². The van der Waals surface area contributed by atoms with Gasteiger partial charge in [0.05, 0.1) is 13.5 Å². The molecule has 6 heteroatoms. The molecule has 0 bridgehead atoms. The van der Waals surface area contributed by atoms with Crippen LogP contribution in [0.1, 0.15) is 31.9 Å². The minimum atomic E-state index is 0.130. The van der Waals surface area contributed by atoms with Gasteiger partial charge >= 0.3 is 0 Å². The van der Waals surface area contributed by atoms with Crippen molar-refractivity contribution in [3.63, 3.8) is 0 Å². The fourth-order valence-electron chi connectivity index (χ4n) is 4.05. The Balaban J connectivity index is 1.45. The molecule has 0 spiro atoms. The van der Waals surface area contributed by atoms with Crippen molar-refractivity contribution in [2.24, 2.45) is 5.92 Å². The molecule has 6 nitrogen and oxygen atoms in total. The molecule has 1 aromatic carbocycles. The minimum absolute atomic E-state index is 0.130. The number of aromatic nitrogens is 1. The number of benzene rings is 1. The normalized spacial score (nSPS) is 22.2. The van der Waals surface area contributed by atoms with E-state index in [9.17, 15) is 4.79 Å². The molecule has 2 aromatic rings. The standard InChI is InChI=1S/C20H27N3O3/c1-14-12-22(15-4-3-5-15)8-9-23(13-14)20(24)11-18-17-10-16(25-2)6-7-19(17)26-21-18/h6-7,10,14-15H,3-5,8-9,11-13H2,1-2H3. The van der Waals surface area contributed by atoms with Gasteiger partial charge in [0.1, 0.15) is 11.4 Å². The maximum atomic E-state index is 12.9. The van der Waals surface area contributed by atoms with E-state index in [1.165, 1.54) is 19.3 Å². The number of rotatable bonds is 4. The summed E-state index contributed by atoms with van der Waals surface area (Å²) in [5.41, 5.74) is 1.38. The summed E-state index contributed by atoms with van der Waals surface area (Å²) in [6.07, 6.45) is 4.25. The van der Waals surface area contributed by atoms with Crippen LogP contribution in [0.4, 0.5) is 0 Å². The van der Waals surface area contributed by atoms with Crippen LogP contribution in [0.25, 0.3) is 11.0 Å². The lowest BCUT2D eigenvalue weighted by Crippen LogP contribution is -2.43. The molecule has 2 fully saturated rings. The van der Waals surface area contributed by atoms with Crippen LogP contribution >= 0.6 is 0 Å². The Labute approximate surface area is 154 Å². The van der Waals surface area contributed by atoms with Crippen molar-refractivity contribution < 1.29 is 14.1 Å². The molecular formula is C20H27N3O3. The first-order chi connectivity index (χ1) is 12.6. The van der Waals surface area contributed by atoms with Crippen molar-refractivity contribution in [3.05, 3.63) is 23.9 Å².